The van der Waals surface area contributed by atoms with E-state index in [2.05, 4.69) is 77.4 Å². The van der Waals surface area contributed by atoms with Gasteiger partial charge in [0.15, 0.2) is 0 Å². The largest absolute Gasteiger partial charge is 0.297 e. The lowest BCUT2D eigenvalue weighted by molar-refractivity contribution is 0.118. The molecule has 0 amide bonds. The minimum Gasteiger partial charge on any atom is -0.297 e. The van der Waals surface area contributed by atoms with Crippen LogP contribution in [-0.2, 0) is 0 Å². The van der Waals surface area contributed by atoms with Gasteiger partial charge in [0.25, 0.3) is 0 Å². The van der Waals surface area contributed by atoms with Crippen molar-refractivity contribution in [3.8, 4) is 0 Å². The van der Waals surface area contributed by atoms with E-state index >= 15 is 0 Å². The number of hydrogen-bond acceptors (Lipinski definition) is 2. The Labute approximate surface area is 179 Å². The first-order valence-corrected chi connectivity index (χ1v) is 10.7. The summed E-state index contributed by atoms with van der Waals surface area (Å²) in [6, 6.07) is 26.3. The zero-order valence-corrected chi connectivity index (χ0v) is 17.5. The number of rotatable bonds is 6. The fraction of sp³-hybridized carbons (Fsp3) is 0.259. The van der Waals surface area contributed by atoms with Crippen LogP contribution in [0.15, 0.2) is 84.9 Å². The van der Waals surface area contributed by atoms with Crippen molar-refractivity contribution in [2.45, 2.75) is 13.0 Å². The first kappa shape index (κ1) is 20.5. The van der Waals surface area contributed by atoms with E-state index in [1.807, 2.05) is 18.2 Å². The number of benzene rings is 3. The van der Waals surface area contributed by atoms with Gasteiger partial charge in [0.05, 0.1) is 6.04 Å². The summed E-state index contributed by atoms with van der Waals surface area (Å²) < 4.78 is 13.5. The number of halogens is 1. The van der Waals surface area contributed by atoms with Crippen molar-refractivity contribution in [1.82, 2.24) is 9.80 Å². The minimum absolute atomic E-state index is 0.160. The fourth-order valence-corrected chi connectivity index (χ4v) is 4.11. The van der Waals surface area contributed by atoms with Gasteiger partial charge in [-0.2, -0.15) is 0 Å². The summed E-state index contributed by atoms with van der Waals surface area (Å²) in [6.07, 6.45) is 4.45. The van der Waals surface area contributed by atoms with E-state index in [-0.39, 0.29) is 11.9 Å². The van der Waals surface area contributed by atoms with Crippen molar-refractivity contribution < 1.29 is 4.39 Å². The van der Waals surface area contributed by atoms with Crippen molar-refractivity contribution in [2.75, 3.05) is 32.7 Å². The van der Waals surface area contributed by atoms with E-state index < -0.39 is 0 Å². The van der Waals surface area contributed by atoms with Gasteiger partial charge in [-0.15, -0.1) is 0 Å². The lowest BCUT2D eigenvalue weighted by Crippen LogP contribution is -2.47. The Morgan fingerprint density at radius 2 is 1.40 bits per heavy atom. The third-order valence-electron chi connectivity index (χ3n) is 5.82. The Bertz CT molecular complexity index is 895. The van der Waals surface area contributed by atoms with Crippen LogP contribution in [0.3, 0.4) is 0 Å². The average Bonchev–Trinajstić information content (AvgIpc) is 2.78. The second-order valence-electron chi connectivity index (χ2n) is 8.01. The maximum absolute atomic E-state index is 13.5. The molecule has 0 aliphatic carbocycles. The van der Waals surface area contributed by atoms with Gasteiger partial charge < -0.3 is 0 Å². The van der Waals surface area contributed by atoms with E-state index in [0.717, 1.165) is 38.3 Å². The van der Waals surface area contributed by atoms with Crippen LogP contribution in [0.2, 0.25) is 0 Å². The zero-order valence-electron chi connectivity index (χ0n) is 17.5. The molecule has 1 aliphatic heterocycles. The van der Waals surface area contributed by atoms with Gasteiger partial charge in [0, 0.05) is 32.7 Å². The first-order valence-electron chi connectivity index (χ1n) is 10.7. The Hall–Kier alpha value is -2.75. The molecular formula is C27H29FN2. The van der Waals surface area contributed by atoms with Gasteiger partial charge in [0.1, 0.15) is 5.82 Å². The molecule has 1 fully saturated rings. The highest BCUT2D eigenvalue weighted by atomic mass is 19.1. The Morgan fingerprint density at radius 1 is 0.800 bits per heavy atom. The molecule has 30 heavy (non-hydrogen) atoms. The van der Waals surface area contributed by atoms with Gasteiger partial charge in [-0.1, -0.05) is 84.4 Å². The highest BCUT2D eigenvalue weighted by Crippen LogP contribution is 2.30. The van der Waals surface area contributed by atoms with Crippen LogP contribution in [0, 0.1) is 12.7 Å². The molecule has 1 saturated heterocycles. The van der Waals surface area contributed by atoms with Crippen LogP contribution < -0.4 is 0 Å². The zero-order chi connectivity index (χ0) is 20.8. The van der Waals surface area contributed by atoms with Gasteiger partial charge in [-0.3, -0.25) is 9.80 Å². The molecule has 1 atom stereocenters. The molecule has 154 valence electrons. The average molecular weight is 401 g/mol. The monoisotopic (exact) mass is 400 g/mol. The van der Waals surface area contributed by atoms with E-state index in [9.17, 15) is 4.39 Å². The molecule has 3 heteroatoms. The van der Waals surface area contributed by atoms with Crippen molar-refractivity contribution in [1.29, 1.82) is 0 Å². The predicted molar refractivity (Wildman–Crippen MR) is 123 cm³/mol. The smallest absolute Gasteiger partial charge is 0.123 e. The maximum atomic E-state index is 13.5. The molecule has 0 saturated carbocycles. The third-order valence-corrected chi connectivity index (χ3v) is 5.82. The molecule has 0 spiro atoms. The van der Waals surface area contributed by atoms with Gasteiger partial charge in [-0.05, 0) is 35.7 Å². The number of aryl methyl sites for hydroxylation is 1. The molecule has 0 aromatic heterocycles. The minimum atomic E-state index is -0.184. The topological polar surface area (TPSA) is 6.48 Å². The summed E-state index contributed by atoms with van der Waals surface area (Å²) in [4.78, 5) is 5.02. The molecule has 0 N–H and O–H groups in total. The second-order valence-corrected chi connectivity index (χ2v) is 8.01. The molecule has 1 heterocycles. The van der Waals surface area contributed by atoms with Crippen molar-refractivity contribution in [3.63, 3.8) is 0 Å². The predicted octanol–water partition coefficient (Wildman–Crippen LogP) is 5.55. The van der Waals surface area contributed by atoms with E-state index in [0.29, 0.717) is 0 Å². The summed E-state index contributed by atoms with van der Waals surface area (Å²) in [5.41, 5.74) is 4.92. The van der Waals surface area contributed by atoms with Crippen molar-refractivity contribution >= 4 is 6.08 Å². The van der Waals surface area contributed by atoms with Crippen molar-refractivity contribution in [3.05, 3.63) is 113 Å². The first-order chi connectivity index (χ1) is 14.7. The second kappa shape index (κ2) is 9.84. The van der Waals surface area contributed by atoms with Crippen LogP contribution in [0.4, 0.5) is 4.39 Å². The Kier molecular flexibility index (Phi) is 6.73. The molecule has 1 unspecified atom stereocenters. The Morgan fingerprint density at radius 3 is 2.03 bits per heavy atom. The SMILES string of the molecule is Cc1ccc(C(c2ccc(F)cc2)N2CCN(C/C=C/c3ccccc3)CC2)cc1. The lowest BCUT2D eigenvalue weighted by Gasteiger charge is -2.39. The van der Waals surface area contributed by atoms with E-state index in [1.54, 1.807) is 12.1 Å². The summed E-state index contributed by atoms with van der Waals surface area (Å²) >= 11 is 0. The molecule has 3 aromatic rings. The maximum Gasteiger partial charge on any atom is 0.123 e. The summed E-state index contributed by atoms with van der Waals surface area (Å²) in [6.45, 7) is 7.13. The number of piperazine rings is 1. The molecule has 0 bridgehead atoms. The van der Waals surface area contributed by atoms with Crippen LogP contribution in [0.25, 0.3) is 6.08 Å². The highest BCUT2D eigenvalue weighted by Gasteiger charge is 2.26. The Balaban J connectivity index is 1.43. The molecule has 3 aromatic carbocycles. The lowest BCUT2D eigenvalue weighted by atomic mass is 9.95. The fourth-order valence-electron chi connectivity index (χ4n) is 4.11. The standard InChI is InChI=1S/C27H29FN2/c1-22-9-11-24(12-10-22)27(25-13-15-26(28)16-14-25)30-20-18-29(19-21-30)17-5-8-23-6-3-2-4-7-23/h2-16,27H,17-21H2,1H3/b8-5+. The molecule has 2 nitrogen and oxygen atoms in total. The van der Waals surface area contributed by atoms with Crippen molar-refractivity contribution in [2.24, 2.45) is 0 Å². The number of nitrogens with zero attached hydrogens (tertiary/aromatic N) is 2. The normalized spacial score (nSPS) is 16.7. The van der Waals surface area contributed by atoms with E-state index in [4.69, 9.17) is 0 Å². The quantitative estimate of drug-likeness (QED) is 0.535. The molecule has 4 rings (SSSR count). The highest BCUT2D eigenvalue weighted by molar-refractivity contribution is 5.48. The van der Waals surface area contributed by atoms with Crippen LogP contribution in [-0.4, -0.2) is 42.5 Å². The van der Waals surface area contributed by atoms with Gasteiger partial charge in [0.2, 0.25) is 0 Å². The molecular weight excluding hydrogens is 371 g/mol. The summed E-state index contributed by atoms with van der Waals surface area (Å²) in [7, 11) is 0. The molecule has 1 aliphatic rings. The number of hydrogen-bond donors (Lipinski definition) is 0. The van der Waals surface area contributed by atoms with Gasteiger partial charge in [-0.25, -0.2) is 4.39 Å². The van der Waals surface area contributed by atoms with Crippen LogP contribution in [0.5, 0.6) is 0 Å². The summed E-state index contributed by atoms with van der Waals surface area (Å²) in [5.74, 6) is -0.184. The van der Waals surface area contributed by atoms with Gasteiger partial charge >= 0.3 is 0 Å². The third kappa shape index (κ3) is 5.24. The summed E-state index contributed by atoms with van der Waals surface area (Å²) in [5, 5.41) is 0. The van der Waals surface area contributed by atoms with Crippen LogP contribution in [0.1, 0.15) is 28.3 Å². The van der Waals surface area contributed by atoms with Crippen LogP contribution >= 0.6 is 0 Å². The molecule has 0 radical (unpaired) electrons. The van der Waals surface area contributed by atoms with E-state index in [1.165, 1.54) is 16.7 Å².